The molecule has 0 atom stereocenters. The molecule has 1 amide bonds. The number of ether oxygens (including phenoxy) is 2. The summed E-state index contributed by atoms with van der Waals surface area (Å²) in [7, 11) is 0. The number of nitrogens with one attached hydrogen (secondary N) is 1. The van der Waals surface area contributed by atoms with Gasteiger partial charge in [-0.3, -0.25) is 14.2 Å². The first kappa shape index (κ1) is 19.8. The van der Waals surface area contributed by atoms with Crippen molar-refractivity contribution in [2.24, 2.45) is 0 Å². The molecule has 1 N–H and O–H groups in total. The number of rotatable bonds is 6. The Morgan fingerprint density at radius 3 is 2.88 bits per heavy atom. The molecule has 9 nitrogen and oxygen atoms in total. The van der Waals surface area contributed by atoms with E-state index in [1.807, 2.05) is 31.2 Å². The first-order chi connectivity index (χ1) is 15.6. The van der Waals surface area contributed by atoms with Crippen molar-refractivity contribution in [3.05, 3.63) is 82.0 Å². The number of aromatic nitrogens is 4. The molecule has 0 bridgehead atoms. The zero-order valence-electron chi connectivity index (χ0n) is 17.4. The molecule has 0 unspecified atom stereocenters. The van der Waals surface area contributed by atoms with Crippen LogP contribution in [0.1, 0.15) is 21.5 Å². The molecule has 0 fully saturated rings. The van der Waals surface area contributed by atoms with Gasteiger partial charge in [0.05, 0.1) is 19.3 Å². The Balaban J connectivity index is 1.27. The van der Waals surface area contributed by atoms with Gasteiger partial charge in [0.25, 0.3) is 11.5 Å². The van der Waals surface area contributed by atoms with Crippen LogP contribution in [-0.4, -0.2) is 38.6 Å². The molecule has 5 rings (SSSR count). The molecule has 0 saturated heterocycles. The summed E-state index contributed by atoms with van der Waals surface area (Å²) >= 11 is 0. The van der Waals surface area contributed by atoms with Crippen molar-refractivity contribution >= 4 is 16.9 Å². The van der Waals surface area contributed by atoms with E-state index >= 15 is 0 Å². The number of aryl methyl sites for hydroxylation is 1. The summed E-state index contributed by atoms with van der Waals surface area (Å²) in [6, 6.07) is 13.0. The van der Waals surface area contributed by atoms with Gasteiger partial charge >= 0.3 is 0 Å². The quantitative estimate of drug-likeness (QED) is 0.502. The molecule has 0 aliphatic carbocycles. The van der Waals surface area contributed by atoms with Gasteiger partial charge in [-0.15, -0.1) is 0 Å². The molecule has 2 aromatic carbocycles. The Bertz CT molecular complexity index is 1370. The second-order valence-corrected chi connectivity index (χ2v) is 7.53. The maximum atomic E-state index is 12.9. The molecule has 3 heterocycles. The van der Waals surface area contributed by atoms with Gasteiger partial charge < -0.3 is 14.8 Å². The first-order valence-electron chi connectivity index (χ1n) is 10.2. The van der Waals surface area contributed by atoms with E-state index in [4.69, 9.17) is 9.47 Å². The predicted molar refractivity (Wildman–Crippen MR) is 117 cm³/mol. The summed E-state index contributed by atoms with van der Waals surface area (Å²) in [5, 5.41) is 7.59. The summed E-state index contributed by atoms with van der Waals surface area (Å²) in [5.41, 5.74) is 3.02. The number of amides is 1. The minimum Gasteiger partial charge on any atom is -0.454 e. The second kappa shape index (κ2) is 8.18. The highest BCUT2D eigenvalue weighted by Gasteiger charge is 2.16. The van der Waals surface area contributed by atoms with E-state index < -0.39 is 0 Å². The van der Waals surface area contributed by atoms with Gasteiger partial charge in [0.15, 0.2) is 17.1 Å². The molecule has 1 aliphatic rings. The standard InChI is InChI=1S/C23H21N5O4/c1-15-4-2-3-5-17(15)12-27-13-25-21-18(23(27)30)11-26-28(21)9-8-24-22(29)16-6-7-19-20(10-16)32-14-31-19/h2-7,10-11,13H,8-9,12,14H2,1H3,(H,24,29). The summed E-state index contributed by atoms with van der Waals surface area (Å²) < 4.78 is 13.8. The molecule has 32 heavy (non-hydrogen) atoms. The van der Waals surface area contributed by atoms with Crippen LogP contribution >= 0.6 is 0 Å². The second-order valence-electron chi connectivity index (χ2n) is 7.53. The van der Waals surface area contributed by atoms with Crippen molar-refractivity contribution in [1.29, 1.82) is 0 Å². The van der Waals surface area contributed by atoms with Gasteiger partial charge in [-0.1, -0.05) is 24.3 Å². The topological polar surface area (TPSA) is 100 Å². The van der Waals surface area contributed by atoms with Crippen LogP contribution in [0.2, 0.25) is 0 Å². The third kappa shape index (κ3) is 3.68. The van der Waals surface area contributed by atoms with Crippen molar-refractivity contribution in [3.63, 3.8) is 0 Å². The average Bonchev–Trinajstić information content (AvgIpc) is 3.44. The van der Waals surface area contributed by atoms with E-state index in [0.717, 1.165) is 11.1 Å². The van der Waals surface area contributed by atoms with E-state index in [1.54, 1.807) is 33.8 Å². The van der Waals surface area contributed by atoms with Crippen LogP contribution < -0.4 is 20.3 Å². The van der Waals surface area contributed by atoms with Gasteiger partial charge in [0.2, 0.25) is 6.79 Å². The zero-order valence-corrected chi connectivity index (χ0v) is 17.4. The van der Waals surface area contributed by atoms with Gasteiger partial charge in [0, 0.05) is 12.1 Å². The molecule has 2 aromatic heterocycles. The Morgan fingerprint density at radius 2 is 2.00 bits per heavy atom. The molecule has 4 aromatic rings. The Hall–Kier alpha value is -4.14. The van der Waals surface area contributed by atoms with Gasteiger partial charge in [-0.2, -0.15) is 5.10 Å². The van der Waals surface area contributed by atoms with Crippen LogP contribution in [-0.2, 0) is 13.1 Å². The first-order valence-corrected chi connectivity index (χ1v) is 10.2. The van der Waals surface area contributed by atoms with Crippen molar-refractivity contribution in [1.82, 2.24) is 24.6 Å². The number of nitrogens with zero attached hydrogens (tertiary/aromatic N) is 4. The third-order valence-corrected chi connectivity index (χ3v) is 5.47. The summed E-state index contributed by atoms with van der Waals surface area (Å²) in [6.07, 6.45) is 3.07. The highest BCUT2D eigenvalue weighted by Crippen LogP contribution is 2.32. The minimum atomic E-state index is -0.228. The van der Waals surface area contributed by atoms with E-state index in [2.05, 4.69) is 15.4 Å². The number of carbonyl (C=O) groups excluding carboxylic acids is 1. The number of hydrogen-bond acceptors (Lipinski definition) is 6. The molecular formula is C23H21N5O4. The molecule has 162 valence electrons. The number of benzene rings is 2. The van der Waals surface area contributed by atoms with E-state index in [0.29, 0.717) is 47.7 Å². The predicted octanol–water partition coefficient (Wildman–Crippen LogP) is 2.11. The normalized spacial score (nSPS) is 12.3. The highest BCUT2D eigenvalue weighted by molar-refractivity contribution is 5.94. The van der Waals surface area contributed by atoms with Crippen molar-refractivity contribution in [3.8, 4) is 11.5 Å². The van der Waals surface area contributed by atoms with Gasteiger partial charge in [-0.25, -0.2) is 9.67 Å². The number of fused-ring (bicyclic) bond motifs is 2. The maximum absolute atomic E-state index is 12.9. The van der Waals surface area contributed by atoms with Crippen LogP contribution in [0.4, 0.5) is 0 Å². The fourth-order valence-electron chi connectivity index (χ4n) is 3.66. The molecule has 0 spiro atoms. The van der Waals surface area contributed by atoms with Crippen LogP contribution in [0, 0.1) is 6.92 Å². The van der Waals surface area contributed by atoms with Crippen molar-refractivity contribution in [2.45, 2.75) is 20.0 Å². The molecule has 9 heteroatoms. The molecular weight excluding hydrogens is 410 g/mol. The summed E-state index contributed by atoms with van der Waals surface area (Å²) in [4.78, 5) is 29.8. The zero-order chi connectivity index (χ0) is 22.1. The smallest absolute Gasteiger partial charge is 0.264 e. The molecule has 1 aliphatic heterocycles. The maximum Gasteiger partial charge on any atom is 0.264 e. The lowest BCUT2D eigenvalue weighted by Gasteiger charge is -2.09. The fourth-order valence-corrected chi connectivity index (χ4v) is 3.66. The molecule has 0 radical (unpaired) electrons. The summed E-state index contributed by atoms with van der Waals surface area (Å²) in [6.45, 7) is 3.34. The average molecular weight is 431 g/mol. The number of hydrogen-bond donors (Lipinski definition) is 1. The van der Waals surface area contributed by atoms with Gasteiger partial charge in [-0.05, 0) is 36.2 Å². The van der Waals surface area contributed by atoms with Crippen LogP contribution in [0.5, 0.6) is 11.5 Å². The molecule has 0 saturated carbocycles. The van der Waals surface area contributed by atoms with E-state index in [9.17, 15) is 9.59 Å². The van der Waals surface area contributed by atoms with Crippen molar-refractivity contribution in [2.75, 3.05) is 13.3 Å². The largest absolute Gasteiger partial charge is 0.454 e. The van der Waals surface area contributed by atoms with Crippen LogP contribution in [0.25, 0.3) is 11.0 Å². The Kier molecular flexibility index (Phi) is 5.06. The monoisotopic (exact) mass is 431 g/mol. The fraction of sp³-hybridized carbons (Fsp3) is 0.217. The SMILES string of the molecule is Cc1ccccc1Cn1cnc2c(cnn2CCNC(=O)c2ccc3c(c2)OCO3)c1=O. The Morgan fingerprint density at radius 1 is 1.16 bits per heavy atom. The van der Waals surface area contributed by atoms with E-state index in [-0.39, 0.29) is 18.3 Å². The lowest BCUT2D eigenvalue weighted by Crippen LogP contribution is -2.27. The van der Waals surface area contributed by atoms with Crippen molar-refractivity contribution < 1.29 is 14.3 Å². The van der Waals surface area contributed by atoms with Crippen LogP contribution in [0.3, 0.4) is 0 Å². The Labute approximate surface area is 183 Å². The van der Waals surface area contributed by atoms with Crippen LogP contribution in [0.15, 0.2) is 59.8 Å². The lowest BCUT2D eigenvalue weighted by molar-refractivity contribution is 0.0951. The van der Waals surface area contributed by atoms with E-state index in [1.165, 1.54) is 6.20 Å². The lowest BCUT2D eigenvalue weighted by atomic mass is 10.1. The highest BCUT2D eigenvalue weighted by atomic mass is 16.7. The summed E-state index contributed by atoms with van der Waals surface area (Å²) in [5.74, 6) is 0.957. The number of carbonyl (C=O) groups is 1. The third-order valence-electron chi connectivity index (χ3n) is 5.47. The minimum absolute atomic E-state index is 0.145. The van der Waals surface area contributed by atoms with Gasteiger partial charge in [0.1, 0.15) is 11.7 Å².